The van der Waals surface area contributed by atoms with Crippen LogP contribution in [0.4, 0.5) is 0 Å². The molecule has 0 spiro atoms. The smallest absolute Gasteiger partial charge is 0.122 e. The summed E-state index contributed by atoms with van der Waals surface area (Å²) < 4.78 is 6.79. The van der Waals surface area contributed by atoms with Crippen LogP contribution in [-0.4, -0.2) is 0 Å². The molecule has 2 rings (SSSR count). The average molecular weight is 312 g/mol. The summed E-state index contributed by atoms with van der Waals surface area (Å²) in [6.45, 7) is 2.58. The van der Waals surface area contributed by atoms with E-state index in [9.17, 15) is 0 Å². The maximum atomic E-state index is 5.79. The Morgan fingerprint density at radius 1 is 1.35 bits per heavy atom. The van der Waals surface area contributed by atoms with Crippen LogP contribution in [0.25, 0.3) is 0 Å². The van der Waals surface area contributed by atoms with E-state index in [1.807, 2.05) is 31.2 Å². The van der Waals surface area contributed by atoms with Crippen molar-refractivity contribution in [3.8, 4) is 5.75 Å². The lowest BCUT2D eigenvalue weighted by Gasteiger charge is -2.08. The molecule has 2 aromatic rings. The SMILES string of the molecule is C[C@@H](N)c1ccc(OCc2cc(Br)cs2)cc1. The van der Waals surface area contributed by atoms with Crippen LogP contribution in [0.5, 0.6) is 5.75 Å². The van der Waals surface area contributed by atoms with E-state index in [1.54, 1.807) is 11.3 Å². The molecule has 1 aromatic heterocycles. The minimum atomic E-state index is 0.0669. The van der Waals surface area contributed by atoms with Crippen LogP contribution in [0, 0.1) is 0 Å². The molecule has 0 fully saturated rings. The molecule has 0 amide bonds. The van der Waals surface area contributed by atoms with E-state index < -0.39 is 0 Å². The molecular formula is C13H14BrNOS. The van der Waals surface area contributed by atoms with Gasteiger partial charge in [0.25, 0.3) is 0 Å². The topological polar surface area (TPSA) is 35.2 Å². The number of thiophene rings is 1. The van der Waals surface area contributed by atoms with Crippen LogP contribution in [0.2, 0.25) is 0 Å². The van der Waals surface area contributed by atoms with Gasteiger partial charge in [-0.3, -0.25) is 0 Å². The lowest BCUT2D eigenvalue weighted by Crippen LogP contribution is -2.04. The Labute approximate surface area is 114 Å². The quantitative estimate of drug-likeness (QED) is 0.922. The Hall–Kier alpha value is -0.840. The first kappa shape index (κ1) is 12.6. The number of nitrogens with two attached hydrogens (primary N) is 1. The van der Waals surface area contributed by atoms with Crippen molar-refractivity contribution in [1.29, 1.82) is 0 Å². The zero-order valence-corrected chi connectivity index (χ0v) is 11.9. The fourth-order valence-electron chi connectivity index (χ4n) is 1.45. The molecule has 0 saturated heterocycles. The van der Waals surface area contributed by atoms with Gasteiger partial charge in [0, 0.05) is 20.8 Å². The van der Waals surface area contributed by atoms with E-state index >= 15 is 0 Å². The average Bonchev–Trinajstić information content (AvgIpc) is 2.73. The molecule has 4 heteroatoms. The molecule has 0 bridgehead atoms. The zero-order chi connectivity index (χ0) is 12.3. The lowest BCUT2D eigenvalue weighted by molar-refractivity contribution is 0.309. The summed E-state index contributed by atoms with van der Waals surface area (Å²) in [6, 6.07) is 10.1. The first-order valence-electron chi connectivity index (χ1n) is 5.36. The summed E-state index contributed by atoms with van der Waals surface area (Å²) >= 11 is 5.11. The number of rotatable bonds is 4. The molecule has 90 valence electrons. The third-order valence-corrected chi connectivity index (χ3v) is 4.08. The minimum absolute atomic E-state index is 0.0669. The number of halogens is 1. The van der Waals surface area contributed by atoms with Crippen LogP contribution in [-0.2, 0) is 6.61 Å². The fraction of sp³-hybridized carbons (Fsp3) is 0.231. The molecule has 1 heterocycles. The molecule has 0 unspecified atom stereocenters. The summed E-state index contributed by atoms with van der Waals surface area (Å²) in [5.74, 6) is 0.874. The molecule has 0 aliphatic heterocycles. The number of hydrogen-bond donors (Lipinski definition) is 1. The predicted molar refractivity (Wildman–Crippen MR) is 75.4 cm³/mol. The number of ether oxygens (including phenoxy) is 1. The van der Waals surface area contributed by atoms with Crippen molar-refractivity contribution >= 4 is 27.3 Å². The minimum Gasteiger partial charge on any atom is -0.488 e. The normalized spacial score (nSPS) is 12.4. The van der Waals surface area contributed by atoms with E-state index in [-0.39, 0.29) is 6.04 Å². The van der Waals surface area contributed by atoms with Gasteiger partial charge in [-0.25, -0.2) is 0 Å². The van der Waals surface area contributed by atoms with Crippen molar-refractivity contribution < 1.29 is 4.74 Å². The Kier molecular flexibility index (Phi) is 4.20. The summed E-state index contributed by atoms with van der Waals surface area (Å²) in [6.07, 6.45) is 0. The van der Waals surface area contributed by atoms with Crippen LogP contribution in [0.3, 0.4) is 0 Å². The van der Waals surface area contributed by atoms with Gasteiger partial charge in [-0.15, -0.1) is 11.3 Å². The van der Waals surface area contributed by atoms with Gasteiger partial charge in [-0.05, 0) is 46.6 Å². The molecule has 2 N–H and O–H groups in total. The van der Waals surface area contributed by atoms with Crippen LogP contribution >= 0.6 is 27.3 Å². The first-order valence-corrected chi connectivity index (χ1v) is 7.03. The molecule has 17 heavy (non-hydrogen) atoms. The van der Waals surface area contributed by atoms with E-state index in [0.29, 0.717) is 6.61 Å². The Morgan fingerprint density at radius 2 is 2.06 bits per heavy atom. The van der Waals surface area contributed by atoms with Gasteiger partial charge in [-0.2, -0.15) is 0 Å². The van der Waals surface area contributed by atoms with E-state index in [0.717, 1.165) is 15.8 Å². The Morgan fingerprint density at radius 3 is 2.59 bits per heavy atom. The van der Waals surface area contributed by atoms with Crippen molar-refractivity contribution in [3.63, 3.8) is 0 Å². The standard InChI is InChI=1S/C13H14BrNOS/c1-9(15)10-2-4-12(5-3-10)16-7-13-6-11(14)8-17-13/h2-6,8-9H,7,15H2,1H3/t9-/m1/s1. The van der Waals surface area contributed by atoms with Gasteiger partial charge in [0.2, 0.25) is 0 Å². The van der Waals surface area contributed by atoms with Gasteiger partial charge in [0.1, 0.15) is 12.4 Å². The molecule has 0 aliphatic rings. The molecular weight excluding hydrogens is 298 g/mol. The highest BCUT2D eigenvalue weighted by Gasteiger charge is 2.01. The molecule has 0 radical (unpaired) electrons. The highest BCUT2D eigenvalue weighted by Crippen LogP contribution is 2.22. The van der Waals surface area contributed by atoms with Gasteiger partial charge in [-0.1, -0.05) is 12.1 Å². The van der Waals surface area contributed by atoms with Crippen LogP contribution in [0.1, 0.15) is 23.4 Å². The molecule has 0 saturated carbocycles. The highest BCUT2D eigenvalue weighted by molar-refractivity contribution is 9.10. The lowest BCUT2D eigenvalue weighted by atomic mass is 10.1. The second kappa shape index (κ2) is 5.67. The van der Waals surface area contributed by atoms with Gasteiger partial charge in [0.15, 0.2) is 0 Å². The van der Waals surface area contributed by atoms with Crippen molar-refractivity contribution in [2.75, 3.05) is 0 Å². The largest absolute Gasteiger partial charge is 0.488 e. The fourth-order valence-corrected chi connectivity index (χ4v) is 2.81. The maximum absolute atomic E-state index is 5.79. The van der Waals surface area contributed by atoms with Crippen LogP contribution in [0.15, 0.2) is 40.2 Å². The van der Waals surface area contributed by atoms with Crippen molar-refractivity contribution in [2.45, 2.75) is 19.6 Å². The first-order chi connectivity index (χ1) is 8.15. The molecule has 1 aromatic carbocycles. The molecule has 2 nitrogen and oxygen atoms in total. The van der Waals surface area contributed by atoms with Gasteiger partial charge >= 0.3 is 0 Å². The second-order valence-electron chi connectivity index (χ2n) is 3.88. The third-order valence-electron chi connectivity index (χ3n) is 2.41. The molecule has 1 atom stereocenters. The summed E-state index contributed by atoms with van der Waals surface area (Å²) in [5.41, 5.74) is 6.91. The zero-order valence-electron chi connectivity index (χ0n) is 9.52. The van der Waals surface area contributed by atoms with Crippen molar-refractivity contribution in [1.82, 2.24) is 0 Å². The second-order valence-corrected chi connectivity index (χ2v) is 5.79. The maximum Gasteiger partial charge on any atom is 0.122 e. The molecule has 0 aliphatic carbocycles. The van der Waals surface area contributed by atoms with Crippen molar-refractivity contribution in [2.24, 2.45) is 5.73 Å². The number of benzene rings is 1. The van der Waals surface area contributed by atoms with E-state index in [4.69, 9.17) is 10.5 Å². The highest BCUT2D eigenvalue weighted by atomic mass is 79.9. The summed E-state index contributed by atoms with van der Waals surface area (Å²) in [7, 11) is 0. The summed E-state index contributed by atoms with van der Waals surface area (Å²) in [4.78, 5) is 1.20. The van der Waals surface area contributed by atoms with Gasteiger partial charge in [0.05, 0.1) is 0 Å². The third kappa shape index (κ3) is 3.56. The Bertz CT molecular complexity index is 478. The predicted octanol–water partition coefficient (Wildman–Crippen LogP) is 4.11. The van der Waals surface area contributed by atoms with Gasteiger partial charge < -0.3 is 10.5 Å². The van der Waals surface area contributed by atoms with Crippen LogP contribution < -0.4 is 10.5 Å². The van der Waals surface area contributed by atoms with Crippen molar-refractivity contribution in [3.05, 3.63) is 50.6 Å². The monoisotopic (exact) mass is 311 g/mol. The van der Waals surface area contributed by atoms with E-state index in [2.05, 4.69) is 27.4 Å². The number of hydrogen-bond acceptors (Lipinski definition) is 3. The van der Waals surface area contributed by atoms with E-state index in [1.165, 1.54) is 4.88 Å². The summed E-state index contributed by atoms with van der Waals surface area (Å²) in [5, 5.41) is 2.05. The Balaban J connectivity index is 1.95.